The Labute approximate surface area is 160 Å². The molecule has 0 aliphatic heterocycles. The molecule has 0 aliphatic rings. The monoisotopic (exact) mass is 367 g/mol. The van der Waals surface area contributed by atoms with Gasteiger partial charge in [0.2, 0.25) is 0 Å². The van der Waals surface area contributed by atoms with E-state index in [0.717, 1.165) is 29.1 Å². The molecule has 2 heterocycles. The van der Waals surface area contributed by atoms with Crippen molar-refractivity contribution < 1.29 is 4.79 Å². The van der Waals surface area contributed by atoms with E-state index >= 15 is 0 Å². The van der Waals surface area contributed by atoms with E-state index in [0.29, 0.717) is 11.4 Å². The molecule has 0 fully saturated rings. The number of aryl methyl sites for hydroxylation is 1. The van der Waals surface area contributed by atoms with Gasteiger partial charge >= 0.3 is 0 Å². The summed E-state index contributed by atoms with van der Waals surface area (Å²) in [5, 5.41) is 3.46. The molecule has 3 rings (SSSR count). The number of Topliss-reactive ketones (excluding diaryl/α,β-unsaturated/α-hetero) is 1. The number of anilines is 1. The second-order valence-corrected chi connectivity index (χ2v) is 8.82. The van der Waals surface area contributed by atoms with Gasteiger partial charge in [0.25, 0.3) is 0 Å². The number of imidazole rings is 2. The molecule has 6 heteroatoms. The molecule has 3 aromatic rings. The highest BCUT2D eigenvalue weighted by Gasteiger charge is 2.24. The van der Waals surface area contributed by atoms with E-state index < -0.39 is 5.41 Å². The number of rotatable bonds is 5. The van der Waals surface area contributed by atoms with E-state index in [1.165, 1.54) is 0 Å². The molecule has 0 saturated heterocycles. The molecule has 0 unspecified atom stereocenters. The lowest BCUT2D eigenvalue weighted by atomic mass is 9.86. The highest BCUT2D eigenvalue weighted by molar-refractivity contribution is 6.02. The Hall–Kier alpha value is -2.63. The Morgan fingerprint density at radius 2 is 1.89 bits per heavy atom. The van der Waals surface area contributed by atoms with Crippen LogP contribution in [0.15, 0.2) is 24.4 Å². The van der Waals surface area contributed by atoms with Crippen molar-refractivity contribution in [3.05, 3.63) is 30.0 Å². The highest BCUT2D eigenvalue weighted by Crippen LogP contribution is 2.26. The molecule has 0 spiro atoms. The Morgan fingerprint density at radius 3 is 2.52 bits per heavy atom. The topological polar surface area (TPSA) is 75.6 Å². The van der Waals surface area contributed by atoms with E-state index in [2.05, 4.69) is 36.1 Å². The third-order valence-corrected chi connectivity index (χ3v) is 4.86. The van der Waals surface area contributed by atoms with E-state index in [1.54, 1.807) is 0 Å². The quantitative estimate of drug-likeness (QED) is 0.636. The highest BCUT2D eigenvalue weighted by atomic mass is 16.1. The lowest BCUT2D eigenvalue weighted by Gasteiger charge is -2.24. The van der Waals surface area contributed by atoms with Gasteiger partial charge in [0, 0.05) is 29.8 Å². The summed E-state index contributed by atoms with van der Waals surface area (Å²) in [6.07, 6.45) is 2.96. The molecular formula is C21H29N5O. The summed E-state index contributed by atoms with van der Waals surface area (Å²) in [6.45, 7) is 12.2. The standard InChI is InChI=1S/C21H29N5O/c1-8-21(5,6)25-16-12-26(7)19(24-16)18-22-14-10-9-13(11-15(14)23-18)17(27)20(2,3)4/h9-12,25H,8H2,1-7H3,(H,22,23). The van der Waals surface area contributed by atoms with Crippen LogP contribution in [0, 0.1) is 5.41 Å². The zero-order valence-corrected chi connectivity index (χ0v) is 17.3. The first kappa shape index (κ1) is 19.1. The maximum atomic E-state index is 12.5. The van der Waals surface area contributed by atoms with Gasteiger partial charge in [-0.05, 0) is 38.5 Å². The largest absolute Gasteiger partial charge is 0.364 e. The summed E-state index contributed by atoms with van der Waals surface area (Å²) in [5.41, 5.74) is 1.91. The summed E-state index contributed by atoms with van der Waals surface area (Å²) in [6, 6.07) is 5.61. The van der Waals surface area contributed by atoms with Gasteiger partial charge < -0.3 is 14.9 Å². The van der Waals surface area contributed by atoms with Crippen LogP contribution in [0.3, 0.4) is 0 Å². The molecule has 1 aromatic carbocycles. The van der Waals surface area contributed by atoms with Crippen molar-refractivity contribution >= 4 is 22.6 Å². The molecule has 0 aliphatic carbocycles. The van der Waals surface area contributed by atoms with E-state index in [4.69, 9.17) is 4.98 Å². The predicted molar refractivity (Wildman–Crippen MR) is 110 cm³/mol. The molecule has 2 N–H and O–H groups in total. The Morgan fingerprint density at radius 1 is 1.19 bits per heavy atom. The summed E-state index contributed by atoms with van der Waals surface area (Å²) in [4.78, 5) is 25.2. The number of carbonyl (C=O) groups is 1. The number of H-pyrrole nitrogens is 1. The van der Waals surface area contributed by atoms with Crippen LogP contribution in [-0.4, -0.2) is 30.8 Å². The van der Waals surface area contributed by atoms with Gasteiger partial charge in [0.05, 0.1) is 11.0 Å². The predicted octanol–water partition coefficient (Wildman–Crippen LogP) is 4.79. The van der Waals surface area contributed by atoms with Gasteiger partial charge in [-0.1, -0.05) is 27.7 Å². The first-order chi connectivity index (χ1) is 12.5. The molecule has 2 aromatic heterocycles. The van der Waals surface area contributed by atoms with Gasteiger partial charge in [-0.25, -0.2) is 9.97 Å². The minimum absolute atomic E-state index is 0.0261. The zero-order chi connectivity index (χ0) is 20.0. The number of aromatic amines is 1. The Kier molecular flexibility index (Phi) is 4.62. The van der Waals surface area contributed by atoms with E-state index in [-0.39, 0.29) is 11.3 Å². The number of carbonyl (C=O) groups excluding carboxylic acids is 1. The maximum absolute atomic E-state index is 12.5. The molecule has 27 heavy (non-hydrogen) atoms. The average molecular weight is 367 g/mol. The molecule has 0 atom stereocenters. The van der Waals surface area contributed by atoms with Crippen LogP contribution >= 0.6 is 0 Å². The minimum Gasteiger partial charge on any atom is -0.364 e. The van der Waals surface area contributed by atoms with Gasteiger partial charge in [-0.15, -0.1) is 0 Å². The van der Waals surface area contributed by atoms with Crippen LogP contribution in [0.25, 0.3) is 22.7 Å². The summed E-state index contributed by atoms with van der Waals surface area (Å²) in [7, 11) is 1.95. The number of aromatic nitrogens is 4. The first-order valence-corrected chi connectivity index (χ1v) is 9.36. The van der Waals surface area contributed by atoms with Crippen LogP contribution in [0.2, 0.25) is 0 Å². The summed E-state index contributed by atoms with van der Waals surface area (Å²) >= 11 is 0. The van der Waals surface area contributed by atoms with E-state index in [9.17, 15) is 4.79 Å². The number of nitrogens with one attached hydrogen (secondary N) is 2. The molecule has 0 bridgehead atoms. The maximum Gasteiger partial charge on any atom is 0.178 e. The number of nitrogens with zero attached hydrogens (tertiary/aromatic N) is 3. The fourth-order valence-electron chi connectivity index (χ4n) is 2.87. The van der Waals surface area contributed by atoms with Crippen molar-refractivity contribution in [2.75, 3.05) is 5.32 Å². The third kappa shape index (κ3) is 3.89. The van der Waals surface area contributed by atoms with Crippen molar-refractivity contribution in [1.82, 2.24) is 19.5 Å². The van der Waals surface area contributed by atoms with E-state index in [1.807, 2.05) is 56.8 Å². The second-order valence-electron chi connectivity index (χ2n) is 8.82. The number of benzene rings is 1. The molecule has 144 valence electrons. The number of ketones is 1. The van der Waals surface area contributed by atoms with Gasteiger partial charge in [-0.2, -0.15) is 0 Å². The van der Waals surface area contributed by atoms with Crippen LogP contribution < -0.4 is 5.32 Å². The van der Waals surface area contributed by atoms with Crippen LogP contribution in [0.4, 0.5) is 5.82 Å². The SMILES string of the molecule is CCC(C)(C)Nc1cn(C)c(-c2nc3ccc(C(=O)C(C)(C)C)cc3[nH]2)n1. The first-order valence-electron chi connectivity index (χ1n) is 9.36. The average Bonchev–Trinajstić information content (AvgIpc) is 3.15. The molecular weight excluding hydrogens is 338 g/mol. The zero-order valence-electron chi connectivity index (χ0n) is 17.3. The third-order valence-electron chi connectivity index (χ3n) is 4.86. The summed E-state index contributed by atoms with van der Waals surface area (Å²) in [5.74, 6) is 2.38. The Bertz CT molecular complexity index is 988. The van der Waals surface area contributed by atoms with Crippen molar-refractivity contribution in [1.29, 1.82) is 0 Å². The minimum atomic E-state index is -0.414. The second kappa shape index (κ2) is 6.51. The molecule has 0 radical (unpaired) electrons. The number of hydrogen-bond acceptors (Lipinski definition) is 4. The van der Waals surface area contributed by atoms with Gasteiger partial charge in [0.1, 0.15) is 5.82 Å². The molecule has 0 amide bonds. The number of fused-ring (bicyclic) bond motifs is 1. The van der Waals surface area contributed by atoms with Crippen LogP contribution in [0.5, 0.6) is 0 Å². The van der Waals surface area contributed by atoms with Crippen molar-refractivity contribution in [2.24, 2.45) is 12.5 Å². The fraction of sp³-hybridized carbons (Fsp3) is 0.476. The van der Waals surface area contributed by atoms with Gasteiger partial charge in [-0.3, -0.25) is 4.79 Å². The fourth-order valence-corrected chi connectivity index (χ4v) is 2.87. The lowest BCUT2D eigenvalue weighted by molar-refractivity contribution is 0.0858. The van der Waals surface area contributed by atoms with Gasteiger partial charge in [0.15, 0.2) is 17.4 Å². The van der Waals surface area contributed by atoms with Crippen molar-refractivity contribution in [2.45, 2.75) is 53.5 Å². The summed E-state index contributed by atoms with van der Waals surface area (Å²) < 4.78 is 1.95. The molecule has 0 saturated carbocycles. The molecule has 6 nitrogen and oxygen atoms in total. The smallest absolute Gasteiger partial charge is 0.178 e. The van der Waals surface area contributed by atoms with Crippen LogP contribution in [-0.2, 0) is 7.05 Å². The Balaban J connectivity index is 1.96. The van der Waals surface area contributed by atoms with Crippen LogP contribution in [0.1, 0.15) is 58.3 Å². The number of hydrogen-bond donors (Lipinski definition) is 2. The normalized spacial score (nSPS) is 12.6. The van der Waals surface area contributed by atoms with Crippen molar-refractivity contribution in [3.63, 3.8) is 0 Å². The van der Waals surface area contributed by atoms with Crippen molar-refractivity contribution in [3.8, 4) is 11.6 Å². The lowest BCUT2D eigenvalue weighted by Crippen LogP contribution is -2.29.